The van der Waals surface area contributed by atoms with E-state index in [9.17, 15) is 19.8 Å². The molecule has 0 fully saturated rings. The quantitative estimate of drug-likeness (QED) is 0.512. The van der Waals surface area contributed by atoms with Gasteiger partial charge in [-0.1, -0.05) is 0 Å². The molecule has 7 heteroatoms. The van der Waals surface area contributed by atoms with E-state index in [1.165, 1.54) is 0 Å². The van der Waals surface area contributed by atoms with E-state index in [2.05, 4.69) is 9.88 Å². The molecule has 0 saturated carbocycles. The molecule has 0 aromatic heterocycles. The van der Waals surface area contributed by atoms with Gasteiger partial charge in [-0.15, -0.1) is 0 Å². The summed E-state index contributed by atoms with van der Waals surface area (Å²) < 4.78 is 0. The SMILES string of the molecule is O=C([O-])[C@H](O)[C@@H](O)C(=O)[O-].[CH3][Sn+2][CH3]. The van der Waals surface area contributed by atoms with Gasteiger partial charge in [0.1, 0.15) is 12.2 Å². The van der Waals surface area contributed by atoms with Gasteiger partial charge >= 0.3 is 31.0 Å². The van der Waals surface area contributed by atoms with Crippen LogP contribution in [0.1, 0.15) is 0 Å². The predicted molar refractivity (Wildman–Crippen MR) is 39.5 cm³/mol. The molecule has 0 aliphatic heterocycles. The molecule has 0 radical (unpaired) electrons. The second kappa shape index (κ2) is 8.27. The van der Waals surface area contributed by atoms with Crippen LogP contribution in [0.2, 0.25) is 9.88 Å². The number of rotatable bonds is 3. The Morgan fingerprint density at radius 2 is 1.23 bits per heavy atom. The van der Waals surface area contributed by atoms with E-state index in [0.717, 1.165) is 0 Å². The molecule has 0 amide bonds. The number of aliphatic hydroxyl groups is 2. The van der Waals surface area contributed by atoms with Gasteiger partial charge in [-0.3, -0.25) is 0 Å². The molecule has 0 spiro atoms. The molecule has 0 aliphatic carbocycles. The molecular formula is C6H10O6Sn. The molecule has 0 heterocycles. The third-order valence-electron chi connectivity index (χ3n) is 0.782. The van der Waals surface area contributed by atoms with E-state index in [1.807, 2.05) is 0 Å². The van der Waals surface area contributed by atoms with Crippen molar-refractivity contribution in [3.05, 3.63) is 0 Å². The molecule has 0 saturated heterocycles. The molecule has 6 nitrogen and oxygen atoms in total. The van der Waals surface area contributed by atoms with Gasteiger partial charge in [0.15, 0.2) is 0 Å². The fraction of sp³-hybridized carbons (Fsp3) is 0.667. The van der Waals surface area contributed by atoms with Gasteiger partial charge in [0.05, 0.1) is 11.9 Å². The van der Waals surface area contributed by atoms with Crippen LogP contribution < -0.4 is 10.2 Å². The van der Waals surface area contributed by atoms with Crippen molar-refractivity contribution in [1.29, 1.82) is 0 Å². The fourth-order valence-electron chi connectivity index (χ4n) is 0.258. The van der Waals surface area contributed by atoms with Crippen LogP contribution in [0.25, 0.3) is 0 Å². The zero-order valence-corrected chi connectivity index (χ0v) is 10.0. The second-order valence-corrected chi connectivity index (χ2v) is 4.88. The normalized spacial score (nSPS) is 12.9. The van der Waals surface area contributed by atoms with Gasteiger partial charge in [-0.25, -0.2) is 0 Å². The van der Waals surface area contributed by atoms with E-state index in [0.29, 0.717) is 0 Å². The molecule has 74 valence electrons. The first kappa shape index (κ1) is 15.1. The van der Waals surface area contributed by atoms with Gasteiger partial charge in [0, 0.05) is 0 Å². The average Bonchev–Trinajstić information content (AvgIpc) is 2.03. The number of carboxylic acid groups (broad SMARTS) is 2. The fourth-order valence-corrected chi connectivity index (χ4v) is 0.258. The zero-order chi connectivity index (χ0) is 11.0. The molecule has 0 aliphatic rings. The summed E-state index contributed by atoms with van der Waals surface area (Å²) in [6.45, 7) is 0. The Balaban J connectivity index is 0. The van der Waals surface area contributed by atoms with Gasteiger partial charge in [-0.2, -0.15) is 0 Å². The summed E-state index contributed by atoms with van der Waals surface area (Å²) in [7, 11) is 0. The van der Waals surface area contributed by atoms with E-state index < -0.39 is 24.1 Å². The van der Waals surface area contributed by atoms with Crippen LogP contribution in [0.15, 0.2) is 0 Å². The summed E-state index contributed by atoms with van der Waals surface area (Å²) in [6.07, 6.45) is -4.88. The molecule has 0 bridgehead atoms. The maximum absolute atomic E-state index is 9.63. The molecule has 0 rings (SSSR count). The van der Waals surface area contributed by atoms with Crippen LogP contribution in [0.3, 0.4) is 0 Å². The summed E-state index contributed by atoms with van der Waals surface area (Å²) in [4.78, 5) is 23.9. The van der Waals surface area contributed by atoms with Crippen molar-refractivity contribution < 1.29 is 30.0 Å². The molecule has 0 aromatic rings. The third kappa shape index (κ3) is 8.00. The summed E-state index contributed by atoms with van der Waals surface area (Å²) in [5.74, 6) is -4.12. The molecular weight excluding hydrogens is 287 g/mol. The monoisotopic (exact) mass is 298 g/mol. The van der Waals surface area contributed by atoms with Crippen LogP contribution in [0.4, 0.5) is 0 Å². The van der Waals surface area contributed by atoms with Crippen molar-refractivity contribution in [2.24, 2.45) is 0 Å². The van der Waals surface area contributed by atoms with Crippen molar-refractivity contribution in [3.63, 3.8) is 0 Å². The van der Waals surface area contributed by atoms with E-state index in [-0.39, 0.29) is 21.1 Å². The van der Waals surface area contributed by atoms with E-state index >= 15 is 0 Å². The van der Waals surface area contributed by atoms with Gasteiger partial charge < -0.3 is 30.0 Å². The van der Waals surface area contributed by atoms with Crippen molar-refractivity contribution in [3.8, 4) is 0 Å². The minimum atomic E-state index is -2.44. The number of hydrogen-bond acceptors (Lipinski definition) is 6. The van der Waals surface area contributed by atoms with E-state index in [1.54, 1.807) is 0 Å². The Morgan fingerprint density at radius 3 is 1.31 bits per heavy atom. The molecule has 2 atom stereocenters. The standard InChI is InChI=1S/C4H6O6.2CH3.Sn/c5-1(3(7)8)2(6)4(9)10;;;/h1-2,5-6H,(H,7,8)(H,9,10);2*1H3;/q;;;+2/p-2/t1-,2-;;;/m1.../s1. The van der Waals surface area contributed by atoms with Gasteiger partial charge in [0.2, 0.25) is 0 Å². The Morgan fingerprint density at radius 1 is 1.08 bits per heavy atom. The number of aliphatic carboxylic acids is 2. The van der Waals surface area contributed by atoms with Crippen LogP contribution in [0, 0.1) is 0 Å². The van der Waals surface area contributed by atoms with Gasteiger partial charge in [-0.05, 0) is 0 Å². The minimum absolute atomic E-state index is 0.230. The number of carbonyl (C=O) groups is 2. The molecule has 2 N–H and O–H groups in total. The molecule has 0 aromatic carbocycles. The van der Waals surface area contributed by atoms with Crippen molar-refractivity contribution in [2.45, 2.75) is 22.1 Å². The maximum atomic E-state index is 9.63. The third-order valence-corrected chi connectivity index (χ3v) is 0.782. The first-order valence-electron chi connectivity index (χ1n) is 3.24. The first-order valence-corrected chi connectivity index (χ1v) is 8.95. The second-order valence-electron chi connectivity index (χ2n) is 2.03. The predicted octanol–water partition coefficient (Wildman–Crippen LogP) is -4.01. The number of carbonyl (C=O) groups excluding carboxylic acids is 2. The Bertz CT molecular complexity index is 153. The Hall–Kier alpha value is -0.341. The molecule has 13 heavy (non-hydrogen) atoms. The summed E-state index contributed by atoms with van der Waals surface area (Å²) in [5, 5.41) is 35.7. The zero-order valence-electron chi connectivity index (χ0n) is 7.18. The van der Waals surface area contributed by atoms with Crippen LogP contribution in [-0.2, 0) is 9.59 Å². The average molecular weight is 297 g/mol. The summed E-state index contributed by atoms with van der Waals surface area (Å²) in [6, 6.07) is 0. The van der Waals surface area contributed by atoms with Crippen LogP contribution in [-0.4, -0.2) is 55.5 Å². The van der Waals surface area contributed by atoms with Gasteiger partial charge in [0.25, 0.3) is 0 Å². The topological polar surface area (TPSA) is 121 Å². The summed E-state index contributed by atoms with van der Waals surface area (Å²) in [5.41, 5.74) is 0. The number of carboxylic acids is 2. The number of hydrogen-bond donors (Lipinski definition) is 2. The summed E-state index contributed by atoms with van der Waals surface area (Å²) >= 11 is 0.230. The Labute approximate surface area is 85.4 Å². The Kier molecular flexibility index (Phi) is 9.63. The molecule has 0 unspecified atom stereocenters. The van der Waals surface area contributed by atoms with Crippen molar-refractivity contribution >= 4 is 33.1 Å². The van der Waals surface area contributed by atoms with E-state index in [4.69, 9.17) is 10.2 Å². The first-order chi connectivity index (χ1) is 5.88. The van der Waals surface area contributed by atoms with Crippen molar-refractivity contribution in [2.75, 3.05) is 0 Å². The number of aliphatic hydroxyl groups excluding tert-OH is 2. The van der Waals surface area contributed by atoms with Crippen molar-refractivity contribution in [1.82, 2.24) is 0 Å². The van der Waals surface area contributed by atoms with Crippen LogP contribution >= 0.6 is 0 Å². The van der Waals surface area contributed by atoms with Crippen LogP contribution in [0.5, 0.6) is 0 Å².